The fourth-order valence-electron chi connectivity index (χ4n) is 3.65. The third kappa shape index (κ3) is 6.17. The fraction of sp³-hybridized carbons (Fsp3) is 0. The summed E-state index contributed by atoms with van der Waals surface area (Å²) >= 11 is 0. The minimum Gasteiger partial charge on any atom is -0.417 e. The molecule has 0 saturated carbocycles. The van der Waals surface area contributed by atoms with Crippen LogP contribution in [0.3, 0.4) is 0 Å². The van der Waals surface area contributed by atoms with Gasteiger partial charge in [0.25, 0.3) is 0 Å². The Kier molecular flexibility index (Phi) is 8.23. The molecule has 38 heavy (non-hydrogen) atoms. The molecule has 10 heteroatoms. The summed E-state index contributed by atoms with van der Waals surface area (Å²) in [6.45, 7) is 0. The van der Waals surface area contributed by atoms with Crippen molar-refractivity contribution in [2.45, 2.75) is 0 Å². The van der Waals surface area contributed by atoms with Crippen LogP contribution in [0.25, 0.3) is 0 Å². The molecule has 0 bridgehead atoms. The normalized spacial score (nSPS) is 19.6. The van der Waals surface area contributed by atoms with Gasteiger partial charge in [-0.15, -0.1) is 0 Å². The molecule has 0 spiro atoms. The molecule has 0 saturated heterocycles. The number of nitrogens with zero attached hydrogens (tertiary/aromatic N) is 4. The van der Waals surface area contributed by atoms with Gasteiger partial charge in [0.15, 0.2) is 0 Å². The van der Waals surface area contributed by atoms with Crippen molar-refractivity contribution in [2.24, 2.45) is 20.6 Å². The van der Waals surface area contributed by atoms with Crippen LogP contribution in [0, 0.1) is 0 Å². The van der Waals surface area contributed by atoms with Gasteiger partial charge < -0.3 is 19.0 Å². The Morgan fingerprint density at radius 1 is 0.316 bits per heavy atom. The Hall–Kier alpha value is -5.11. The number of hydrogen-bond acceptors (Lipinski definition) is 8. The Morgan fingerprint density at radius 3 is 0.737 bits per heavy atom. The van der Waals surface area contributed by atoms with Gasteiger partial charge in [-0.1, -0.05) is 142 Å². The first kappa shape index (κ1) is 24.6. The predicted molar refractivity (Wildman–Crippen MR) is 148 cm³/mol. The van der Waals surface area contributed by atoms with Crippen molar-refractivity contribution in [1.29, 1.82) is 0 Å². The van der Waals surface area contributed by atoms with E-state index in [0.717, 1.165) is 37.6 Å². The third-order valence-electron chi connectivity index (χ3n) is 5.39. The summed E-state index contributed by atoms with van der Waals surface area (Å²) in [6.07, 6.45) is 0. The van der Waals surface area contributed by atoms with Gasteiger partial charge in [0, 0.05) is 22.3 Å². The minimum absolute atomic E-state index is 0.405. The largest absolute Gasteiger partial charge is 0.704 e. The van der Waals surface area contributed by atoms with Crippen LogP contribution in [0.15, 0.2) is 142 Å². The molecule has 8 nitrogen and oxygen atoms in total. The molecule has 0 aromatic heterocycles. The second-order valence-corrected chi connectivity index (χ2v) is 7.84. The van der Waals surface area contributed by atoms with Gasteiger partial charge in [0.2, 0.25) is 0 Å². The van der Waals surface area contributed by atoms with Gasteiger partial charge in [-0.3, -0.25) is 0 Å². The Morgan fingerprint density at radius 2 is 0.526 bits per heavy atom. The van der Waals surface area contributed by atoms with E-state index in [1.807, 2.05) is 121 Å². The molecule has 0 amide bonds. The molecule has 0 aliphatic carbocycles. The summed E-state index contributed by atoms with van der Waals surface area (Å²) in [7, 11) is 2.05. The molecular formula is C28H20B2N4O4. The molecule has 1 aliphatic rings. The zero-order chi connectivity index (χ0) is 25.8. The van der Waals surface area contributed by atoms with Crippen LogP contribution in [0.5, 0.6) is 0 Å². The van der Waals surface area contributed by atoms with Gasteiger partial charge in [-0.05, 0) is 0 Å². The van der Waals surface area contributed by atoms with E-state index in [9.17, 15) is 0 Å². The molecule has 4 aromatic carbocycles. The highest BCUT2D eigenvalue weighted by molar-refractivity contribution is 6.54. The number of rotatable bonds is 4. The summed E-state index contributed by atoms with van der Waals surface area (Å²) < 4.78 is 21.8. The zero-order valence-corrected chi connectivity index (χ0v) is 20.1. The van der Waals surface area contributed by atoms with E-state index >= 15 is 0 Å². The maximum atomic E-state index is 5.44. The molecule has 0 unspecified atom stereocenters. The monoisotopic (exact) mass is 498 g/mol. The van der Waals surface area contributed by atoms with E-state index < -0.39 is 0 Å². The lowest BCUT2D eigenvalue weighted by atomic mass is 10.00. The summed E-state index contributed by atoms with van der Waals surface area (Å²) in [5, 5.41) is 17.1. The maximum Gasteiger partial charge on any atom is 0.704 e. The van der Waals surface area contributed by atoms with Crippen LogP contribution < -0.4 is 0 Å². The predicted octanol–water partition coefficient (Wildman–Crippen LogP) is 4.75. The van der Waals surface area contributed by atoms with Crippen molar-refractivity contribution in [1.82, 2.24) is 0 Å². The third-order valence-corrected chi connectivity index (χ3v) is 5.39. The van der Waals surface area contributed by atoms with Crippen LogP contribution in [0.4, 0.5) is 0 Å². The molecule has 2 radical (unpaired) electrons. The van der Waals surface area contributed by atoms with Crippen LogP contribution in [-0.2, 0) is 19.0 Å². The topological polar surface area (TPSA) is 86.4 Å². The first-order valence-corrected chi connectivity index (χ1v) is 11.7. The Labute approximate surface area is 221 Å². The van der Waals surface area contributed by atoms with Crippen LogP contribution in [0.2, 0.25) is 0 Å². The van der Waals surface area contributed by atoms with E-state index in [4.69, 9.17) is 19.0 Å². The lowest BCUT2D eigenvalue weighted by Gasteiger charge is -2.12. The summed E-state index contributed by atoms with van der Waals surface area (Å²) in [5.74, 6) is 0. The Balaban J connectivity index is 1.53. The molecular weight excluding hydrogens is 478 g/mol. The molecule has 1 aliphatic heterocycles. The van der Waals surface area contributed by atoms with Crippen LogP contribution in [-0.4, -0.2) is 38.2 Å². The van der Waals surface area contributed by atoms with E-state index in [-0.39, 0.29) is 0 Å². The average molecular weight is 498 g/mol. The summed E-state index contributed by atoms with van der Waals surface area (Å²) in [4.78, 5) is 0. The second-order valence-electron chi connectivity index (χ2n) is 7.84. The van der Waals surface area contributed by atoms with Crippen LogP contribution in [0.1, 0.15) is 22.3 Å². The highest BCUT2D eigenvalue weighted by atomic mass is 16.7. The molecule has 4 aromatic rings. The van der Waals surface area contributed by atoms with Crippen molar-refractivity contribution in [2.75, 3.05) is 0 Å². The van der Waals surface area contributed by atoms with Gasteiger partial charge in [0.05, 0.1) is 0 Å². The lowest BCUT2D eigenvalue weighted by Crippen LogP contribution is -2.21. The second kappa shape index (κ2) is 12.7. The average Bonchev–Trinajstić information content (AvgIpc) is 2.99. The van der Waals surface area contributed by atoms with Crippen molar-refractivity contribution in [3.63, 3.8) is 0 Å². The summed E-state index contributed by atoms with van der Waals surface area (Å²) in [5.41, 5.74) is 4.61. The number of hydrogen-bond donors (Lipinski definition) is 0. The van der Waals surface area contributed by atoms with Crippen LogP contribution >= 0.6 is 0 Å². The first-order chi connectivity index (χ1) is 18.9. The highest BCUT2D eigenvalue weighted by Gasteiger charge is 2.20. The standard InChI is InChI=1S/C28H20B2N4O4/c1-5-13-21(14-6-1)25-26(22-15-7-2-8-16-22)32-36-30-38-34-28(24-19-11-4-12-20-24)27(33-37-29-35-31-25)23-17-9-3-10-18-23/h1-20H/b31-25-,32-26+,33-27+,34-28-. The SMILES string of the molecule is [B]1O/N=C(c2ccccc2)\C(c2ccccc2)=N\O[B]O/N=C(c2ccccc2)\C(c2ccccc2)=N\O1. The molecule has 1 heterocycles. The maximum absolute atomic E-state index is 5.44. The molecule has 0 atom stereocenters. The number of benzene rings is 4. The smallest absolute Gasteiger partial charge is 0.417 e. The quantitative estimate of drug-likeness (QED) is 0.380. The highest BCUT2D eigenvalue weighted by Crippen LogP contribution is 2.14. The first-order valence-electron chi connectivity index (χ1n) is 11.7. The Bertz CT molecular complexity index is 1230. The van der Waals surface area contributed by atoms with E-state index in [1.54, 1.807) is 0 Å². The van der Waals surface area contributed by atoms with Crippen molar-refractivity contribution in [3.8, 4) is 0 Å². The fourth-order valence-corrected chi connectivity index (χ4v) is 3.65. The zero-order valence-electron chi connectivity index (χ0n) is 20.1. The summed E-state index contributed by atoms with van der Waals surface area (Å²) in [6, 6.07) is 37.8. The van der Waals surface area contributed by atoms with Gasteiger partial charge in [-0.25, -0.2) is 0 Å². The van der Waals surface area contributed by atoms with Crippen molar-refractivity contribution >= 4 is 38.2 Å². The molecule has 0 fully saturated rings. The van der Waals surface area contributed by atoms with E-state index in [0.29, 0.717) is 22.8 Å². The van der Waals surface area contributed by atoms with Crippen molar-refractivity contribution < 1.29 is 19.0 Å². The van der Waals surface area contributed by atoms with Gasteiger partial charge in [-0.2, -0.15) is 0 Å². The number of oxime groups is 4. The minimum atomic E-state index is 0.405. The van der Waals surface area contributed by atoms with E-state index in [1.165, 1.54) is 0 Å². The molecule has 182 valence electrons. The van der Waals surface area contributed by atoms with Crippen molar-refractivity contribution in [3.05, 3.63) is 144 Å². The lowest BCUT2D eigenvalue weighted by molar-refractivity contribution is 0.235. The van der Waals surface area contributed by atoms with E-state index in [2.05, 4.69) is 20.6 Å². The van der Waals surface area contributed by atoms with Gasteiger partial charge >= 0.3 is 15.4 Å². The molecule has 0 N–H and O–H groups in total. The van der Waals surface area contributed by atoms with Gasteiger partial charge in [0.1, 0.15) is 22.8 Å². The molecule has 5 rings (SSSR count).